The lowest BCUT2D eigenvalue weighted by molar-refractivity contribution is 0.580. The van der Waals surface area contributed by atoms with Crippen LogP contribution in [0.15, 0.2) is 30.3 Å². The number of anilines is 2. The first kappa shape index (κ1) is 10.4. The van der Waals surface area contributed by atoms with Crippen LogP contribution in [-0.4, -0.2) is 4.98 Å². The molecule has 82 valence electrons. The summed E-state index contributed by atoms with van der Waals surface area (Å²) in [6.07, 6.45) is 0. The number of aryl methyl sites for hydroxylation is 1. The van der Waals surface area contributed by atoms with E-state index in [9.17, 15) is 4.39 Å². The standard InChI is InChI=1S/C12H12FN3/c1-7-8(5-6-11(13)16-7)9-3-2-4-10(14)12(9)15/h2-6H,14-15H2,1H3. The van der Waals surface area contributed by atoms with Crippen molar-refractivity contribution in [2.24, 2.45) is 0 Å². The minimum absolute atomic E-state index is 0.497. The molecule has 1 heterocycles. The van der Waals surface area contributed by atoms with Gasteiger partial charge in [0.05, 0.1) is 11.4 Å². The highest BCUT2D eigenvalue weighted by Gasteiger charge is 2.08. The van der Waals surface area contributed by atoms with Crippen molar-refractivity contribution >= 4 is 11.4 Å². The summed E-state index contributed by atoms with van der Waals surface area (Å²) in [7, 11) is 0. The van der Waals surface area contributed by atoms with E-state index in [0.717, 1.165) is 11.1 Å². The molecule has 0 amide bonds. The Bertz CT molecular complexity index is 538. The van der Waals surface area contributed by atoms with Crippen molar-refractivity contribution in [3.05, 3.63) is 42.0 Å². The van der Waals surface area contributed by atoms with E-state index in [1.54, 1.807) is 19.1 Å². The molecule has 1 aromatic heterocycles. The van der Waals surface area contributed by atoms with Gasteiger partial charge in [-0.3, -0.25) is 0 Å². The van der Waals surface area contributed by atoms with Crippen LogP contribution in [0.25, 0.3) is 11.1 Å². The van der Waals surface area contributed by atoms with Crippen LogP contribution in [0, 0.1) is 12.9 Å². The lowest BCUT2D eigenvalue weighted by atomic mass is 10.0. The summed E-state index contributed by atoms with van der Waals surface area (Å²) < 4.78 is 12.9. The zero-order valence-corrected chi connectivity index (χ0v) is 8.87. The molecule has 0 aliphatic carbocycles. The fourth-order valence-electron chi connectivity index (χ4n) is 1.63. The van der Waals surface area contributed by atoms with Crippen molar-refractivity contribution < 1.29 is 4.39 Å². The van der Waals surface area contributed by atoms with E-state index in [-0.39, 0.29) is 0 Å². The van der Waals surface area contributed by atoms with E-state index in [1.165, 1.54) is 6.07 Å². The summed E-state index contributed by atoms with van der Waals surface area (Å²) >= 11 is 0. The first-order chi connectivity index (χ1) is 7.59. The molecule has 0 spiro atoms. The molecule has 4 heteroatoms. The van der Waals surface area contributed by atoms with E-state index in [1.807, 2.05) is 12.1 Å². The SMILES string of the molecule is Cc1nc(F)ccc1-c1cccc(N)c1N. The number of benzene rings is 1. The average Bonchev–Trinajstić information content (AvgIpc) is 2.23. The maximum Gasteiger partial charge on any atom is 0.213 e. The largest absolute Gasteiger partial charge is 0.397 e. The van der Waals surface area contributed by atoms with Crippen molar-refractivity contribution in [1.82, 2.24) is 4.98 Å². The van der Waals surface area contributed by atoms with E-state index in [4.69, 9.17) is 11.5 Å². The summed E-state index contributed by atoms with van der Waals surface area (Å²) in [5.41, 5.74) is 14.8. The molecule has 0 atom stereocenters. The van der Waals surface area contributed by atoms with Crippen LogP contribution in [-0.2, 0) is 0 Å². The number of nitrogens with zero attached hydrogens (tertiary/aromatic N) is 1. The molecule has 4 N–H and O–H groups in total. The molecule has 1 aromatic carbocycles. The predicted molar refractivity (Wildman–Crippen MR) is 63.2 cm³/mol. The van der Waals surface area contributed by atoms with Gasteiger partial charge < -0.3 is 11.5 Å². The maximum atomic E-state index is 12.9. The Labute approximate surface area is 92.9 Å². The zero-order chi connectivity index (χ0) is 11.7. The first-order valence-corrected chi connectivity index (χ1v) is 4.87. The van der Waals surface area contributed by atoms with Gasteiger partial charge in [0.15, 0.2) is 0 Å². The van der Waals surface area contributed by atoms with Gasteiger partial charge in [-0.05, 0) is 25.1 Å². The molecule has 0 aliphatic rings. The maximum absolute atomic E-state index is 12.9. The van der Waals surface area contributed by atoms with Crippen LogP contribution in [0.4, 0.5) is 15.8 Å². The second kappa shape index (κ2) is 3.81. The molecular formula is C12H12FN3. The minimum Gasteiger partial charge on any atom is -0.397 e. The number of halogens is 1. The summed E-state index contributed by atoms with van der Waals surface area (Å²) in [4.78, 5) is 3.76. The highest BCUT2D eigenvalue weighted by atomic mass is 19.1. The Kier molecular flexibility index (Phi) is 2.48. The molecule has 0 unspecified atom stereocenters. The Morgan fingerprint density at radius 2 is 1.81 bits per heavy atom. The third kappa shape index (κ3) is 1.69. The first-order valence-electron chi connectivity index (χ1n) is 4.87. The zero-order valence-electron chi connectivity index (χ0n) is 8.87. The molecule has 0 fully saturated rings. The van der Waals surface area contributed by atoms with Crippen molar-refractivity contribution in [1.29, 1.82) is 0 Å². The van der Waals surface area contributed by atoms with Crippen molar-refractivity contribution in [3.63, 3.8) is 0 Å². The number of hydrogen-bond acceptors (Lipinski definition) is 3. The van der Waals surface area contributed by atoms with Gasteiger partial charge >= 0.3 is 0 Å². The van der Waals surface area contributed by atoms with Crippen LogP contribution in [0.3, 0.4) is 0 Å². The smallest absolute Gasteiger partial charge is 0.213 e. The van der Waals surface area contributed by atoms with Gasteiger partial charge in [0, 0.05) is 16.8 Å². The van der Waals surface area contributed by atoms with Gasteiger partial charge in [-0.25, -0.2) is 4.98 Å². The summed E-state index contributed by atoms with van der Waals surface area (Å²) in [5, 5.41) is 0. The predicted octanol–water partition coefficient (Wildman–Crippen LogP) is 2.36. The van der Waals surface area contributed by atoms with E-state index in [2.05, 4.69) is 4.98 Å². The number of aromatic nitrogens is 1. The van der Waals surface area contributed by atoms with Gasteiger partial charge in [-0.1, -0.05) is 12.1 Å². The van der Waals surface area contributed by atoms with Crippen molar-refractivity contribution in [2.45, 2.75) is 6.92 Å². The van der Waals surface area contributed by atoms with Crippen LogP contribution in [0.5, 0.6) is 0 Å². The van der Waals surface area contributed by atoms with Crippen LogP contribution in [0.1, 0.15) is 5.69 Å². The molecule has 0 radical (unpaired) electrons. The van der Waals surface area contributed by atoms with E-state index >= 15 is 0 Å². The number of nitrogens with two attached hydrogens (primary N) is 2. The third-order valence-corrected chi connectivity index (χ3v) is 2.48. The lowest BCUT2D eigenvalue weighted by Crippen LogP contribution is -1.99. The van der Waals surface area contributed by atoms with Gasteiger partial charge in [0.2, 0.25) is 5.95 Å². The number of pyridine rings is 1. The Morgan fingerprint density at radius 1 is 1.06 bits per heavy atom. The normalized spacial score (nSPS) is 10.4. The fourth-order valence-corrected chi connectivity index (χ4v) is 1.63. The minimum atomic E-state index is -0.497. The van der Waals surface area contributed by atoms with E-state index < -0.39 is 5.95 Å². The summed E-state index contributed by atoms with van der Waals surface area (Å²) in [6, 6.07) is 8.34. The number of nitrogen functional groups attached to an aromatic ring is 2. The van der Waals surface area contributed by atoms with Crippen molar-refractivity contribution in [2.75, 3.05) is 11.5 Å². The fraction of sp³-hybridized carbons (Fsp3) is 0.0833. The van der Waals surface area contributed by atoms with Crippen LogP contribution < -0.4 is 11.5 Å². The van der Waals surface area contributed by atoms with Gasteiger partial charge in [-0.2, -0.15) is 4.39 Å². The molecule has 2 aromatic rings. The number of rotatable bonds is 1. The topological polar surface area (TPSA) is 64.9 Å². The lowest BCUT2D eigenvalue weighted by Gasteiger charge is -2.10. The third-order valence-electron chi connectivity index (χ3n) is 2.48. The van der Waals surface area contributed by atoms with Gasteiger partial charge in [-0.15, -0.1) is 0 Å². The second-order valence-electron chi connectivity index (χ2n) is 3.58. The number of para-hydroxylation sites is 1. The molecule has 0 saturated carbocycles. The molecule has 2 rings (SSSR count). The Morgan fingerprint density at radius 3 is 2.50 bits per heavy atom. The average molecular weight is 217 g/mol. The monoisotopic (exact) mass is 217 g/mol. The Hall–Kier alpha value is -2.10. The Balaban J connectivity index is 2.63. The molecule has 0 aliphatic heterocycles. The summed E-state index contributed by atoms with van der Waals surface area (Å²) in [5.74, 6) is -0.497. The van der Waals surface area contributed by atoms with Crippen LogP contribution in [0.2, 0.25) is 0 Å². The van der Waals surface area contributed by atoms with Gasteiger partial charge in [0.1, 0.15) is 0 Å². The summed E-state index contributed by atoms with van der Waals surface area (Å²) in [6.45, 7) is 1.74. The highest BCUT2D eigenvalue weighted by Crippen LogP contribution is 2.31. The molecule has 3 nitrogen and oxygen atoms in total. The van der Waals surface area contributed by atoms with E-state index in [0.29, 0.717) is 17.1 Å². The second-order valence-corrected chi connectivity index (χ2v) is 3.58. The highest BCUT2D eigenvalue weighted by molar-refractivity contribution is 5.85. The van der Waals surface area contributed by atoms with Gasteiger partial charge in [0.25, 0.3) is 0 Å². The molecule has 16 heavy (non-hydrogen) atoms. The van der Waals surface area contributed by atoms with Crippen LogP contribution >= 0.6 is 0 Å². The molecular weight excluding hydrogens is 205 g/mol. The molecule has 0 saturated heterocycles. The number of hydrogen-bond donors (Lipinski definition) is 2. The van der Waals surface area contributed by atoms with Crippen molar-refractivity contribution in [3.8, 4) is 11.1 Å². The quantitative estimate of drug-likeness (QED) is 0.569. The molecule has 0 bridgehead atoms.